The van der Waals surface area contributed by atoms with Crippen molar-refractivity contribution < 1.29 is 4.74 Å². The van der Waals surface area contributed by atoms with Gasteiger partial charge in [-0.25, -0.2) is 0 Å². The van der Waals surface area contributed by atoms with E-state index < -0.39 is 0 Å². The lowest BCUT2D eigenvalue weighted by atomic mass is 10.0. The van der Waals surface area contributed by atoms with Gasteiger partial charge >= 0.3 is 0 Å². The van der Waals surface area contributed by atoms with E-state index in [0.717, 1.165) is 51.6 Å². The molecular weight excluding hydrogens is 300 g/mol. The fraction of sp³-hybridized carbons (Fsp3) is 0.737. The van der Waals surface area contributed by atoms with E-state index in [1.807, 2.05) is 19.2 Å². The fourth-order valence-electron chi connectivity index (χ4n) is 3.13. The van der Waals surface area contributed by atoms with Gasteiger partial charge in [0.2, 0.25) is 0 Å². The van der Waals surface area contributed by atoms with Crippen molar-refractivity contribution in [3.05, 3.63) is 25.3 Å². The maximum Gasteiger partial charge on any atom is 0.191 e. The predicted octanol–water partition coefficient (Wildman–Crippen LogP) is 2.42. The third-order valence-electron chi connectivity index (χ3n) is 4.60. The highest BCUT2D eigenvalue weighted by atomic mass is 16.5. The molecule has 0 aliphatic carbocycles. The Bertz CT molecular complexity index is 404. The highest BCUT2D eigenvalue weighted by Gasteiger charge is 2.29. The minimum absolute atomic E-state index is 0.0766. The zero-order chi connectivity index (χ0) is 18.0. The van der Waals surface area contributed by atoms with Crippen LogP contribution in [0.15, 0.2) is 30.3 Å². The molecule has 1 heterocycles. The predicted molar refractivity (Wildman–Crippen MR) is 104 cm³/mol. The molecule has 2 unspecified atom stereocenters. The van der Waals surface area contributed by atoms with Crippen molar-refractivity contribution in [3.63, 3.8) is 0 Å². The number of hydrogen-bond acceptors (Lipinski definition) is 3. The van der Waals surface area contributed by atoms with E-state index in [2.05, 4.69) is 54.5 Å². The molecule has 0 saturated carbocycles. The number of nitrogens with one attached hydrogen (secondary N) is 2. The molecule has 0 aromatic rings. The Morgan fingerprint density at radius 2 is 1.96 bits per heavy atom. The summed E-state index contributed by atoms with van der Waals surface area (Å²) in [6.45, 7) is 18.6. The zero-order valence-electron chi connectivity index (χ0n) is 16.0. The van der Waals surface area contributed by atoms with Crippen LogP contribution in [0.2, 0.25) is 0 Å². The number of ether oxygens (including phenoxy) is 1. The van der Waals surface area contributed by atoms with Gasteiger partial charge in [-0.15, -0.1) is 13.2 Å². The molecule has 24 heavy (non-hydrogen) atoms. The summed E-state index contributed by atoms with van der Waals surface area (Å²) < 4.78 is 5.83. The molecule has 1 aliphatic rings. The molecule has 5 heteroatoms. The quantitative estimate of drug-likeness (QED) is 0.365. The normalized spacial score (nSPS) is 22.7. The second-order valence-electron chi connectivity index (χ2n) is 7.05. The summed E-state index contributed by atoms with van der Waals surface area (Å²) in [5.74, 6) is 1.35. The summed E-state index contributed by atoms with van der Waals surface area (Å²) in [5.41, 5.74) is -0.0766. The van der Waals surface area contributed by atoms with Gasteiger partial charge in [0.1, 0.15) is 0 Å². The summed E-state index contributed by atoms with van der Waals surface area (Å²) in [6.07, 6.45) is 6.13. The molecule has 1 aliphatic heterocycles. The molecule has 1 saturated heterocycles. The van der Waals surface area contributed by atoms with Crippen LogP contribution in [0.1, 0.15) is 33.6 Å². The van der Waals surface area contributed by atoms with Crippen LogP contribution in [0.5, 0.6) is 0 Å². The highest BCUT2D eigenvalue weighted by Crippen LogP contribution is 2.23. The molecule has 0 aromatic heterocycles. The Labute approximate surface area is 148 Å². The maximum atomic E-state index is 5.83. The topological polar surface area (TPSA) is 48.9 Å². The van der Waals surface area contributed by atoms with Gasteiger partial charge in [0.05, 0.1) is 5.60 Å². The second kappa shape index (κ2) is 10.5. The summed E-state index contributed by atoms with van der Waals surface area (Å²) in [4.78, 5) is 6.72. The SMILES string of the molecule is C=CCN(CC=C)C(CNC(=NC)NCC1(C)CCCO1)C(C)C. The highest BCUT2D eigenvalue weighted by molar-refractivity contribution is 5.79. The third-order valence-corrected chi connectivity index (χ3v) is 4.60. The van der Waals surface area contributed by atoms with Gasteiger partial charge in [0.15, 0.2) is 5.96 Å². The van der Waals surface area contributed by atoms with Crippen LogP contribution >= 0.6 is 0 Å². The molecule has 0 radical (unpaired) electrons. The number of aliphatic imine (C=N–C) groups is 1. The lowest BCUT2D eigenvalue weighted by molar-refractivity contribution is 0.0242. The van der Waals surface area contributed by atoms with E-state index in [1.165, 1.54) is 0 Å². The van der Waals surface area contributed by atoms with E-state index in [4.69, 9.17) is 4.74 Å². The molecule has 0 amide bonds. The Kier molecular flexibility index (Phi) is 9.08. The minimum Gasteiger partial charge on any atom is -0.373 e. The monoisotopic (exact) mass is 336 g/mol. The Hall–Kier alpha value is -1.33. The van der Waals surface area contributed by atoms with Gasteiger partial charge in [-0.1, -0.05) is 26.0 Å². The van der Waals surface area contributed by atoms with Gasteiger partial charge < -0.3 is 15.4 Å². The summed E-state index contributed by atoms with van der Waals surface area (Å²) >= 11 is 0. The first-order valence-electron chi connectivity index (χ1n) is 9.00. The van der Waals surface area contributed by atoms with Crippen molar-refractivity contribution in [1.82, 2.24) is 15.5 Å². The summed E-state index contributed by atoms with van der Waals surface area (Å²) in [6, 6.07) is 0.387. The molecular formula is C19H36N4O. The molecule has 2 atom stereocenters. The standard InChI is InChI=1S/C19H36N4O/c1-7-11-23(12-8-2)17(16(3)4)14-21-18(20-6)22-15-19(5)10-9-13-24-19/h7-8,16-17H,1-2,9-15H2,3-6H3,(H2,20,21,22). The van der Waals surface area contributed by atoms with Crippen LogP contribution in [0.4, 0.5) is 0 Å². The molecule has 5 nitrogen and oxygen atoms in total. The molecule has 0 spiro atoms. The second-order valence-corrected chi connectivity index (χ2v) is 7.05. The fourth-order valence-corrected chi connectivity index (χ4v) is 3.13. The lowest BCUT2D eigenvalue weighted by Crippen LogP contribution is -2.51. The molecule has 1 rings (SSSR count). The zero-order valence-corrected chi connectivity index (χ0v) is 16.0. The van der Waals surface area contributed by atoms with Crippen molar-refractivity contribution in [2.75, 3.05) is 39.8 Å². The first-order valence-corrected chi connectivity index (χ1v) is 9.00. The van der Waals surface area contributed by atoms with Gasteiger partial charge in [-0.3, -0.25) is 9.89 Å². The van der Waals surface area contributed by atoms with Crippen molar-refractivity contribution in [2.45, 2.75) is 45.3 Å². The van der Waals surface area contributed by atoms with E-state index in [1.54, 1.807) is 0 Å². The van der Waals surface area contributed by atoms with Gasteiger partial charge in [0, 0.05) is 45.9 Å². The van der Waals surface area contributed by atoms with Gasteiger partial charge in [-0.05, 0) is 25.7 Å². The summed E-state index contributed by atoms with van der Waals surface area (Å²) in [5, 5.41) is 6.87. The number of nitrogens with zero attached hydrogens (tertiary/aromatic N) is 2. The summed E-state index contributed by atoms with van der Waals surface area (Å²) in [7, 11) is 1.81. The average molecular weight is 337 g/mol. The molecule has 1 fully saturated rings. The lowest BCUT2D eigenvalue weighted by Gasteiger charge is -2.33. The minimum atomic E-state index is -0.0766. The molecule has 0 bridgehead atoms. The van der Waals surface area contributed by atoms with Crippen LogP contribution in [0.25, 0.3) is 0 Å². The number of guanidine groups is 1. The maximum absolute atomic E-state index is 5.83. The Balaban J connectivity index is 2.56. The van der Waals surface area contributed by atoms with Crippen molar-refractivity contribution >= 4 is 5.96 Å². The number of rotatable bonds is 10. The van der Waals surface area contributed by atoms with Crippen LogP contribution in [0.3, 0.4) is 0 Å². The van der Waals surface area contributed by atoms with Crippen molar-refractivity contribution in [1.29, 1.82) is 0 Å². The third kappa shape index (κ3) is 6.65. The smallest absolute Gasteiger partial charge is 0.191 e. The Morgan fingerprint density at radius 3 is 2.42 bits per heavy atom. The molecule has 0 aromatic carbocycles. The Morgan fingerprint density at radius 1 is 1.29 bits per heavy atom. The van der Waals surface area contributed by atoms with E-state index >= 15 is 0 Å². The van der Waals surface area contributed by atoms with Crippen molar-refractivity contribution in [3.8, 4) is 0 Å². The van der Waals surface area contributed by atoms with E-state index in [0.29, 0.717) is 12.0 Å². The molecule has 138 valence electrons. The average Bonchev–Trinajstić information content (AvgIpc) is 2.97. The van der Waals surface area contributed by atoms with Crippen LogP contribution in [0, 0.1) is 5.92 Å². The van der Waals surface area contributed by atoms with Gasteiger partial charge in [-0.2, -0.15) is 0 Å². The van der Waals surface area contributed by atoms with Crippen molar-refractivity contribution in [2.24, 2.45) is 10.9 Å². The van der Waals surface area contributed by atoms with Crippen LogP contribution in [-0.2, 0) is 4.74 Å². The van der Waals surface area contributed by atoms with E-state index in [-0.39, 0.29) is 5.60 Å². The first-order chi connectivity index (χ1) is 11.5. The van der Waals surface area contributed by atoms with E-state index in [9.17, 15) is 0 Å². The number of hydrogen-bond donors (Lipinski definition) is 2. The van der Waals surface area contributed by atoms with Crippen LogP contribution < -0.4 is 10.6 Å². The first kappa shape index (κ1) is 20.7. The van der Waals surface area contributed by atoms with Gasteiger partial charge in [0.25, 0.3) is 0 Å². The largest absolute Gasteiger partial charge is 0.373 e. The van der Waals surface area contributed by atoms with Crippen LogP contribution in [-0.4, -0.2) is 62.3 Å². The molecule has 2 N–H and O–H groups in total.